The molecule has 0 saturated heterocycles. The standard InChI is InChI=1S/C38H76N2O3/c1-3-5-7-9-11-13-15-17-19-20-22-24-26-28-30-32-38(43)40(34-35-41)36-37(42)39-33-31-29-27-25-23-21-18-16-14-12-10-8-6-4-2/h41H,3-36H2,1-2H3,(H,39,42). The molecule has 0 heterocycles. The van der Waals surface area contributed by atoms with Crippen molar-refractivity contribution in [3.63, 3.8) is 0 Å². The van der Waals surface area contributed by atoms with Crippen LogP contribution >= 0.6 is 0 Å². The van der Waals surface area contributed by atoms with E-state index in [-0.39, 0.29) is 31.5 Å². The summed E-state index contributed by atoms with van der Waals surface area (Å²) in [4.78, 5) is 26.6. The molecule has 2 N–H and O–H groups in total. The lowest BCUT2D eigenvalue weighted by molar-refractivity contribution is -0.136. The van der Waals surface area contributed by atoms with E-state index in [1.165, 1.54) is 165 Å². The van der Waals surface area contributed by atoms with Gasteiger partial charge < -0.3 is 15.3 Å². The second kappa shape index (κ2) is 35.4. The fraction of sp³-hybridized carbons (Fsp3) is 0.947. The van der Waals surface area contributed by atoms with E-state index >= 15 is 0 Å². The molecule has 0 spiro atoms. The van der Waals surface area contributed by atoms with Crippen LogP contribution in [0.25, 0.3) is 0 Å². The summed E-state index contributed by atoms with van der Waals surface area (Å²) in [6, 6.07) is 0. The summed E-state index contributed by atoms with van der Waals surface area (Å²) >= 11 is 0. The Balaban J connectivity index is 3.62. The Morgan fingerprint density at radius 2 is 0.814 bits per heavy atom. The van der Waals surface area contributed by atoms with Crippen LogP contribution in [0.3, 0.4) is 0 Å². The predicted octanol–water partition coefficient (Wildman–Crippen LogP) is 10.7. The topological polar surface area (TPSA) is 69.6 Å². The monoisotopic (exact) mass is 609 g/mol. The molecule has 0 aliphatic heterocycles. The summed E-state index contributed by atoms with van der Waals surface area (Å²) in [6.45, 7) is 5.43. The third-order valence-corrected chi connectivity index (χ3v) is 8.90. The first kappa shape index (κ1) is 41.9. The van der Waals surface area contributed by atoms with Gasteiger partial charge in [-0.15, -0.1) is 0 Å². The van der Waals surface area contributed by atoms with Crippen LogP contribution in [0.4, 0.5) is 0 Å². The molecule has 256 valence electrons. The van der Waals surface area contributed by atoms with Gasteiger partial charge in [-0.3, -0.25) is 9.59 Å². The van der Waals surface area contributed by atoms with Crippen molar-refractivity contribution in [2.75, 3.05) is 26.2 Å². The minimum atomic E-state index is -0.104. The first-order chi connectivity index (χ1) is 21.2. The summed E-state index contributed by atoms with van der Waals surface area (Å²) in [7, 11) is 0. The number of nitrogens with zero attached hydrogens (tertiary/aromatic N) is 1. The maximum atomic E-state index is 12.7. The number of carbonyl (C=O) groups is 2. The van der Waals surface area contributed by atoms with Gasteiger partial charge in [-0.05, 0) is 12.8 Å². The Labute approximate surface area is 269 Å². The Hall–Kier alpha value is -1.10. The Morgan fingerprint density at radius 3 is 1.16 bits per heavy atom. The number of unbranched alkanes of at least 4 members (excludes halogenated alkanes) is 27. The van der Waals surface area contributed by atoms with Crippen molar-refractivity contribution in [2.45, 2.75) is 206 Å². The molecule has 0 aromatic carbocycles. The average molecular weight is 609 g/mol. The number of hydrogen-bond acceptors (Lipinski definition) is 3. The molecule has 5 heteroatoms. The smallest absolute Gasteiger partial charge is 0.239 e. The minimum Gasteiger partial charge on any atom is -0.395 e. The van der Waals surface area contributed by atoms with Crippen molar-refractivity contribution < 1.29 is 14.7 Å². The van der Waals surface area contributed by atoms with Crippen LogP contribution in [0.15, 0.2) is 0 Å². The molecule has 0 fully saturated rings. The molecule has 43 heavy (non-hydrogen) atoms. The number of rotatable bonds is 35. The largest absolute Gasteiger partial charge is 0.395 e. The molecule has 5 nitrogen and oxygen atoms in total. The number of nitrogens with one attached hydrogen (secondary N) is 1. The number of carbonyl (C=O) groups excluding carboxylic acids is 2. The number of hydrogen-bond donors (Lipinski definition) is 2. The van der Waals surface area contributed by atoms with Gasteiger partial charge in [0.1, 0.15) is 0 Å². The van der Waals surface area contributed by atoms with Crippen LogP contribution in [0, 0.1) is 0 Å². The quantitative estimate of drug-likeness (QED) is 0.0703. The van der Waals surface area contributed by atoms with Crippen LogP contribution in [0.5, 0.6) is 0 Å². The van der Waals surface area contributed by atoms with Crippen LogP contribution in [0.1, 0.15) is 206 Å². The fourth-order valence-corrected chi connectivity index (χ4v) is 5.99. The first-order valence-electron chi connectivity index (χ1n) is 19.3. The van der Waals surface area contributed by atoms with Gasteiger partial charge in [-0.1, -0.05) is 187 Å². The van der Waals surface area contributed by atoms with E-state index in [4.69, 9.17) is 0 Å². The zero-order valence-electron chi connectivity index (χ0n) is 29.3. The molecule has 0 aromatic heterocycles. The van der Waals surface area contributed by atoms with Gasteiger partial charge in [-0.2, -0.15) is 0 Å². The van der Waals surface area contributed by atoms with Crippen molar-refractivity contribution >= 4 is 11.8 Å². The van der Waals surface area contributed by atoms with Gasteiger partial charge >= 0.3 is 0 Å². The van der Waals surface area contributed by atoms with Crippen LogP contribution in [-0.4, -0.2) is 48.1 Å². The second-order valence-corrected chi connectivity index (χ2v) is 13.2. The predicted molar refractivity (Wildman–Crippen MR) is 187 cm³/mol. The molecule has 2 amide bonds. The summed E-state index contributed by atoms with van der Waals surface area (Å²) < 4.78 is 0. The van der Waals surface area contributed by atoms with Crippen LogP contribution in [-0.2, 0) is 9.59 Å². The maximum absolute atomic E-state index is 12.7. The van der Waals surface area contributed by atoms with E-state index in [1.807, 2.05) is 0 Å². The molecule has 0 atom stereocenters. The van der Waals surface area contributed by atoms with Gasteiger partial charge in [0.2, 0.25) is 11.8 Å². The highest BCUT2D eigenvalue weighted by Crippen LogP contribution is 2.15. The number of aliphatic hydroxyl groups excluding tert-OH is 1. The fourth-order valence-electron chi connectivity index (χ4n) is 5.99. The maximum Gasteiger partial charge on any atom is 0.239 e. The van der Waals surface area contributed by atoms with E-state index in [1.54, 1.807) is 0 Å². The molecule has 0 saturated carbocycles. The lowest BCUT2D eigenvalue weighted by Gasteiger charge is -2.21. The second-order valence-electron chi connectivity index (χ2n) is 13.2. The first-order valence-corrected chi connectivity index (χ1v) is 19.3. The molecule has 0 bridgehead atoms. The zero-order valence-corrected chi connectivity index (χ0v) is 29.3. The van der Waals surface area contributed by atoms with Crippen LogP contribution < -0.4 is 5.32 Å². The third kappa shape index (κ3) is 32.1. The Morgan fingerprint density at radius 1 is 0.488 bits per heavy atom. The average Bonchev–Trinajstić information content (AvgIpc) is 3.00. The highest BCUT2D eigenvalue weighted by Gasteiger charge is 2.16. The van der Waals surface area contributed by atoms with Crippen molar-refractivity contribution in [3.05, 3.63) is 0 Å². The normalized spacial score (nSPS) is 11.2. The molecule has 0 unspecified atom stereocenters. The van der Waals surface area contributed by atoms with Gasteiger partial charge in [0.15, 0.2) is 0 Å². The van der Waals surface area contributed by atoms with Gasteiger partial charge in [0.25, 0.3) is 0 Å². The van der Waals surface area contributed by atoms with Crippen molar-refractivity contribution in [1.29, 1.82) is 0 Å². The molecule has 0 aliphatic rings. The number of amides is 2. The zero-order chi connectivity index (χ0) is 31.5. The van der Waals surface area contributed by atoms with E-state index in [9.17, 15) is 14.7 Å². The van der Waals surface area contributed by atoms with Gasteiger partial charge in [-0.25, -0.2) is 0 Å². The molecular weight excluding hydrogens is 532 g/mol. The summed E-state index contributed by atoms with van der Waals surface area (Å²) in [5.74, 6) is -0.108. The van der Waals surface area contributed by atoms with E-state index in [0.717, 1.165) is 25.7 Å². The molecule has 0 aliphatic carbocycles. The molecule has 0 rings (SSSR count). The molecule has 0 aromatic rings. The van der Waals surface area contributed by atoms with Crippen molar-refractivity contribution in [3.8, 4) is 0 Å². The summed E-state index contributed by atoms with van der Waals surface area (Å²) in [5, 5.41) is 12.4. The third-order valence-electron chi connectivity index (χ3n) is 8.90. The lowest BCUT2D eigenvalue weighted by atomic mass is 10.0. The van der Waals surface area contributed by atoms with E-state index in [2.05, 4.69) is 19.2 Å². The van der Waals surface area contributed by atoms with E-state index < -0.39 is 0 Å². The van der Waals surface area contributed by atoms with Crippen molar-refractivity contribution in [2.24, 2.45) is 0 Å². The Kier molecular flexibility index (Phi) is 34.5. The van der Waals surface area contributed by atoms with Crippen LogP contribution in [0.2, 0.25) is 0 Å². The van der Waals surface area contributed by atoms with Gasteiger partial charge in [0, 0.05) is 19.5 Å². The summed E-state index contributed by atoms with van der Waals surface area (Å²) in [6.07, 6.45) is 38.6. The minimum absolute atomic E-state index is 0.00427. The van der Waals surface area contributed by atoms with E-state index in [0.29, 0.717) is 13.0 Å². The molecule has 0 radical (unpaired) electrons. The highest BCUT2D eigenvalue weighted by atomic mass is 16.3. The number of aliphatic hydroxyl groups is 1. The SMILES string of the molecule is CCCCCCCCCCCCCCCCCC(=O)N(CCO)CC(=O)NCCCCCCCCCCCCCCCC. The Bertz CT molecular complexity index is 584. The highest BCUT2D eigenvalue weighted by molar-refractivity contribution is 5.84. The summed E-state index contributed by atoms with van der Waals surface area (Å²) in [5.41, 5.74) is 0. The molecular formula is C38H76N2O3. The van der Waals surface area contributed by atoms with Crippen molar-refractivity contribution in [1.82, 2.24) is 10.2 Å². The lowest BCUT2D eigenvalue weighted by Crippen LogP contribution is -2.42. The van der Waals surface area contributed by atoms with Gasteiger partial charge in [0.05, 0.1) is 13.2 Å².